The minimum Gasteiger partial charge on any atom is -0.493 e. The Morgan fingerprint density at radius 3 is 2.60 bits per heavy atom. The van der Waals surface area contributed by atoms with Crippen LogP contribution in [0.3, 0.4) is 0 Å². The summed E-state index contributed by atoms with van der Waals surface area (Å²) in [5, 5.41) is 8.37. The lowest BCUT2D eigenvalue weighted by atomic mass is 9.97. The standard InChI is InChI=1S/C21H24N2O2/c1-24-20-11-10-16(12-21(20)25-17-7-3-4-8-17)23-13-15-6-2-5-9-18(15)19(22)14-23/h2,5-6,9-12,17,22H,3-4,7-8,13-14H2,1H3. The summed E-state index contributed by atoms with van der Waals surface area (Å²) in [7, 11) is 1.68. The highest BCUT2D eigenvalue weighted by Gasteiger charge is 2.23. The lowest BCUT2D eigenvalue weighted by Gasteiger charge is -2.31. The van der Waals surface area contributed by atoms with Crippen molar-refractivity contribution in [3.05, 3.63) is 53.6 Å². The molecule has 2 aliphatic rings. The zero-order valence-corrected chi connectivity index (χ0v) is 14.6. The molecule has 0 amide bonds. The summed E-state index contributed by atoms with van der Waals surface area (Å²) in [5.41, 5.74) is 4.01. The SMILES string of the molecule is COc1ccc(N2CC(=N)c3ccccc3C2)cc1OC1CCCC1. The molecule has 4 rings (SSSR count). The molecule has 1 aliphatic heterocycles. The normalized spacial score (nSPS) is 17.5. The van der Waals surface area contributed by atoms with Crippen molar-refractivity contribution in [2.75, 3.05) is 18.6 Å². The van der Waals surface area contributed by atoms with E-state index in [0.29, 0.717) is 18.4 Å². The number of hydrogen-bond acceptors (Lipinski definition) is 4. The average Bonchev–Trinajstić information content (AvgIpc) is 3.15. The summed E-state index contributed by atoms with van der Waals surface area (Å²) < 4.78 is 11.7. The van der Waals surface area contributed by atoms with Gasteiger partial charge in [-0.2, -0.15) is 0 Å². The Morgan fingerprint density at radius 2 is 1.80 bits per heavy atom. The number of rotatable bonds is 4. The molecule has 1 aliphatic carbocycles. The van der Waals surface area contributed by atoms with Crippen molar-refractivity contribution in [1.82, 2.24) is 0 Å². The van der Waals surface area contributed by atoms with E-state index in [9.17, 15) is 0 Å². The zero-order valence-electron chi connectivity index (χ0n) is 14.6. The fourth-order valence-corrected chi connectivity index (χ4v) is 3.81. The number of methoxy groups -OCH3 is 1. The van der Waals surface area contributed by atoms with Crippen LogP contribution < -0.4 is 14.4 Å². The molecule has 2 aromatic carbocycles. The minimum absolute atomic E-state index is 0.296. The Labute approximate surface area is 148 Å². The van der Waals surface area contributed by atoms with Gasteiger partial charge >= 0.3 is 0 Å². The molecular weight excluding hydrogens is 312 g/mol. The molecule has 0 saturated heterocycles. The number of nitrogens with zero attached hydrogens (tertiary/aromatic N) is 1. The van der Waals surface area contributed by atoms with E-state index in [1.807, 2.05) is 24.3 Å². The maximum atomic E-state index is 8.37. The Morgan fingerprint density at radius 1 is 1.00 bits per heavy atom. The molecule has 130 valence electrons. The van der Waals surface area contributed by atoms with Crippen LogP contribution in [0.25, 0.3) is 0 Å². The number of hydrogen-bond donors (Lipinski definition) is 1. The molecule has 25 heavy (non-hydrogen) atoms. The van der Waals surface area contributed by atoms with E-state index in [1.165, 1.54) is 18.4 Å². The number of fused-ring (bicyclic) bond motifs is 1. The van der Waals surface area contributed by atoms with Gasteiger partial charge in [-0.1, -0.05) is 24.3 Å². The van der Waals surface area contributed by atoms with Gasteiger partial charge in [-0.15, -0.1) is 0 Å². The van der Waals surface area contributed by atoms with E-state index in [2.05, 4.69) is 23.1 Å². The Kier molecular flexibility index (Phi) is 4.35. The molecule has 4 nitrogen and oxygen atoms in total. The molecule has 1 N–H and O–H groups in total. The lowest BCUT2D eigenvalue weighted by molar-refractivity contribution is 0.201. The van der Waals surface area contributed by atoms with E-state index in [0.717, 1.165) is 42.1 Å². The van der Waals surface area contributed by atoms with Crippen LogP contribution in [0.1, 0.15) is 36.8 Å². The van der Waals surface area contributed by atoms with Crippen LogP contribution >= 0.6 is 0 Å². The highest BCUT2D eigenvalue weighted by molar-refractivity contribution is 6.03. The average molecular weight is 336 g/mol. The smallest absolute Gasteiger partial charge is 0.163 e. The van der Waals surface area contributed by atoms with Crippen molar-refractivity contribution in [1.29, 1.82) is 5.41 Å². The number of anilines is 1. The van der Waals surface area contributed by atoms with Crippen LogP contribution in [0, 0.1) is 5.41 Å². The first-order valence-corrected chi connectivity index (χ1v) is 9.00. The van der Waals surface area contributed by atoms with E-state index in [-0.39, 0.29) is 0 Å². The number of benzene rings is 2. The predicted octanol–water partition coefficient (Wildman–Crippen LogP) is 4.40. The topological polar surface area (TPSA) is 45.5 Å². The third-order valence-electron chi connectivity index (χ3n) is 5.16. The highest BCUT2D eigenvalue weighted by atomic mass is 16.5. The van der Waals surface area contributed by atoms with E-state index >= 15 is 0 Å². The fraction of sp³-hybridized carbons (Fsp3) is 0.381. The second-order valence-electron chi connectivity index (χ2n) is 6.85. The first-order valence-electron chi connectivity index (χ1n) is 9.00. The van der Waals surface area contributed by atoms with Crippen molar-refractivity contribution < 1.29 is 9.47 Å². The first-order chi connectivity index (χ1) is 12.2. The maximum Gasteiger partial charge on any atom is 0.163 e. The van der Waals surface area contributed by atoms with Crippen molar-refractivity contribution in [2.24, 2.45) is 0 Å². The van der Waals surface area contributed by atoms with Crippen LogP contribution in [0.15, 0.2) is 42.5 Å². The van der Waals surface area contributed by atoms with Gasteiger partial charge < -0.3 is 19.8 Å². The van der Waals surface area contributed by atoms with E-state index in [1.54, 1.807) is 7.11 Å². The summed E-state index contributed by atoms with van der Waals surface area (Å²) >= 11 is 0. The summed E-state index contributed by atoms with van der Waals surface area (Å²) in [6, 6.07) is 14.3. The van der Waals surface area contributed by atoms with Crippen LogP contribution in [0.4, 0.5) is 5.69 Å². The first kappa shape index (κ1) is 16.0. The van der Waals surface area contributed by atoms with Gasteiger partial charge in [0, 0.05) is 23.9 Å². The second kappa shape index (κ2) is 6.79. The molecule has 1 saturated carbocycles. The third-order valence-corrected chi connectivity index (χ3v) is 5.16. The van der Waals surface area contributed by atoms with Gasteiger partial charge in [0.05, 0.1) is 25.5 Å². The molecule has 0 atom stereocenters. The van der Waals surface area contributed by atoms with Crippen molar-refractivity contribution >= 4 is 11.4 Å². The number of ether oxygens (including phenoxy) is 2. The Bertz CT molecular complexity index is 781. The van der Waals surface area contributed by atoms with Crippen LogP contribution in [-0.4, -0.2) is 25.5 Å². The van der Waals surface area contributed by atoms with Gasteiger partial charge in [0.15, 0.2) is 11.5 Å². The van der Waals surface area contributed by atoms with Crippen molar-refractivity contribution in [3.63, 3.8) is 0 Å². The molecule has 1 fully saturated rings. The molecule has 0 aromatic heterocycles. The summed E-state index contributed by atoms with van der Waals surface area (Å²) in [5.74, 6) is 1.60. The third kappa shape index (κ3) is 3.21. The molecule has 0 bridgehead atoms. The van der Waals surface area contributed by atoms with Crippen LogP contribution in [0.2, 0.25) is 0 Å². The van der Waals surface area contributed by atoms with Gasteiger partial charge in [-0.3, -0.25) is 0 Å². The monoisotopic (exact) mass is 336 g/mol. The van der Waals surface area contributed by atoms with E-state index in [4.69, 9.17) is 14.9 Å². The number of nitrogens with one attached hydrogen (secondary N) is 1. The lowest BCUT2D eigenvalue weighted by Crippen LogP contribution is -2.35. The van der Waals surface area contributed by atoms with Gasteiger partial charge in [0.2, 0.25) is 0 Å². The minimum atomic E-state index is 0.296. The molecular formula is C21H24N2O2. The molecule has 2 aromatic rings. The van der Waals surface area contributed by atoms with Gasteiger partial charge in [0.1, 0.15) is 0 Å². The summed E-state index contributed by atoms with van der Waals surface area (Å²) in [4.78, 5) is 2.23. The Hall–Kier alpha value is -2.49. The predicted molar refractivity (Wildman–Crippen MR) is 100 cm³/mol. The summed E-state index contributed by atoms with van der Waals surface area (Å²) in [6.45, 7) is 1.43. The largest absolute Gasteiger partial charge is 0.493 e. The zero-order chi connectivity index (χ0) is 17.2. The van der Waals surface area contributed by atoms with Crippen molar-refractivity contribution in [2.45, 2.75) is 38.3 Å². The Balaban J connectivity index is 1.61. The summed E-state index contributed by atoms with van der Waals surface area (Å²) in [6.07, 6.45) is 5.02. The van der Waals surface area contributed by atoms with Gasteiger partial charge in [-0.25, -0.2) is 0 Å². The van der Waals surface area contributed by atoms with Gasteiger partial charge in [0.25, 0.3) is 0 Å². The quantitative estimate of drug-likeness (QED) is 0.900. The second-order valence-corrected chi connectivity index (χ2v) is 6.85. The van der Waals surface area contributed by atoms with Crippen LogP contribution in [-0.2, 0) is 6.54 Å². The highest BCUT2D eigenvalue weighted by Crippen LogP contribution is 2.36. The molecule has 1 heterocycles. The maximum absolute atomic E-state index is 8.37. The van der Waals surface area contributed by atoms with Gasteiger partial charge in [-0.05, 0) is 43.4 Å². The van der Waals surface area contributed by atoms with Crippen LogP contribution in [0.5, 0.6) is 11.5 Å². The molecule has 0 unspecified atom stereocenters. The molecule has 4 heteroatoms. The molecule has 0 spiro atoms. The van der Waals surface area contributed by atoms with Crippen molar-refractivity contribution in [3.8, 4) is 11.5 Å². The fourth-order valence-electron chi connectivity index (χ4n) is 3.81. The molecule has 0 radical (unpaired) electrons. The van der Waals surface area contributed by atoms with E-state index < -0.39 is 0 Å².